The molecule has 0 atom stereocenters. The zero-order valence-corrected chi connectivity index (χ0v) is 10.6. The highest BCUT2D eigenvalue weighted by Crippen LogP contribution is 2.31. The van der Waals surface area contributed by atoms with Crippen molar-refractivity contribution in [3.8, 4) is 0 Å². The average Bonchev–Trinajstić information content (AvgIpc) is 2.65. The first kappa shape index (κ1) is 11.7. The van der Waals surface area contributed by atoms with E-state index < -0.39 is 0 Å². The smallest absolute Gasteiger partial charge is 0.0210 e. The number of hydrogen-bond donors (Lipinski definition) is 2. The van der Waals surface area contributed by atoms with Crippen LogP contribution in [-0.4, -0.2) is 11.5 Å². The van der Waals surface area contributed by atoms with E-state index in [2.05, 4.69) is 18.8 Å². The molecule has 0 spiro atoms. The van der Waals surface area contributed by atoms with E-state index >= 15 is 0 Å². The van der Waals surface area contributed by atoms with Crippen LogP contribution in [0.4, 0.5) is 0 Å². The van der Waals surface area contributed by atoms with E-state index in [1.807, 2.05) is 0 Å². The van der Waals surface area contributed by atoms with E-state index in [4.69, 9.17) is 5.73 Å². The fourth-order valence-corrected chi connectivity index (χ4v) is 2.83. The third kappa shape index (κ3) is 2.17. The number of hydrogen-bond acceptors (Lipinski definition) is 1. The lowest BCUT2D eigenvalue weighted by Crippen LogP contribution is -2.05. The SMILES string of the molecule is CC(C)c1[nH]c2c(c1CCCN)CCCC2. The summed E-state index contributed by atoms with van der Waals surface area (Å²) >= 11 is 0. The van der Waals surface area contributed by atoms with Crippen LogP contribution in [-0.2, 0) is 19.3 Å². The highest BCUT2D eigenvalue weighted by molar-refractivity contribution is 5.40. The molecule has 1 heterocycles. The van der Waals surface area contributed by atoms with Gasteiger partial charge in [0, 0.05) is 11.4 Å². The minimum atomic E-state index is 0.610. The van der Waals surface area contributed by atoms with Gasteiger partial charge in [-0.2, -0.15) is 0 Å². The molecule has 0 saturated heterocycles. The molecule has 0 aliphatic heterocycles. The van der Waals surface area contributed by atoms with E-state index in [0.29, 0.717) is 5.92 Å². The van der Waals surface area contributed by atoms with Gasteiger partial charge in [0.1, 0.15) is 0 Å². The van der Waals surface area contributed by atoms with Gasteiger partial charge in [-0.1, -0.05) is 13.8 Å². The summed E-state index contributed by atoms with van der Waals surface area (Å²) in [5, 5.41) is 0. The number of fused-ring (bicyclic) bond motifs is 1. The Balaban J connectivity index is 2.32. The molecule has 3 N–H and O–H groups in total. The Morgan fingerprint density at radius 3 is 2.69 bits per heavy atom. The Morgan fingerprint density at radius 2 is 2.00 bits per heavy atom. The van der Waals surface area contributed by atoms with Gasteiger partial charge in [0.15, 0.2) is 0 Å². The summed E-state index contributed by atoms with van der Waals surface area (Å²) in [7, 11) is 0. The predicted molar refractivity (Wildman–Crippen MR) is 68.9 cm³/mol. The van der Waals surface area contributed by atoms with Crippen LogP contribution in [0, 0.1) is 0 Å². The number of nitrogens with one attached hydrogen (secondary N) is 1. The Kier molecular flexibility index (Phi) is 3.70. The van der Waals surface area contributed by atoms with Crippen molar-refractivity contribution in [2.24, 2.45) is 5.73 Å². The highest BCUT2D eigenvalue weighted by atomic mass is 14.8. The summed E-state index contributed by atoms with van der Waals surface area (Å²) in [6, 6.07) is 0. The van der Waals surface area contributed by atoms with Crippen molar-refractivity contribution < 1.29 is 0 Å². The molecular weight excluding hydrogens is 196 g/mol. The van der Waals surface area contributed by atoms with Crippen molar-refractivity contribution in [2.45, 2.75) is 58.3 Å². The summed E-state index contributed by atoms with van der Waals surface area (Å²) in [6.07, 6.45) is 7.51. The Morgan fingerprint density at radius 1 is 1.25 bits per heavy atom. The Labute approximate surface area is 98.6 Å². The number of nitrogens with two attached hydrogens (primary N) is 1. The van der Waals surface area contributed by atoms with Crippen molar-refractivity contribution in [1.82, 2.24) is 4.98 Å². The van der Waals surface area contributed by atoms with Gasteiger partial charge >= 0.3 is 0 Å². The second-order valence-electron chi connectivity index (χ2n) is 5.23. The monoisotopic (exact) mass is 220 g/mol. The number of aromatic amines is 1. The van der Waals surface area contributed by atoms with Gasteiger partial charge < -0.3 is 10.7 Å². The van der Waals surface area contributed by atoms with Gasteiger partial charge in [-0.3, -0.25) is 0 Å². The van der Waals surface area contributed by atoms with E-state index in [0.717, 1.165) is 19.4 Å². The van der Waals surface area contributed by atoms with Crippen LogP contribution in [0.15, 0.2) is 0 Å². The Hall–Kier alpha value is -0.760. The van der Waals surface area contributed by atoms with Crippen LogP contribution in [0.1, 0.15) is 61.5 Å². The standard InChI is InChI=1S/C14H24N2/c1-10(2)14-12(7-5-9-15)11-6-3-4-8-13(11)16-14/h10,16H,3-9,15H2,1-2H3. The molecule has 1 aliphatic carbocycles. The van der Waals surface area contributed by atoms with Gasteiger partial charge in [-0.25, -0.2) is 0 Å². The minimum absolute atomic E-state index is 0.610. The van der Waals surface area contributed by atoms with Crippen molar-refractivity contribution in [3.63, 3.8) is 0 Å². The third-order valence-corrected chi connectivity index (χ3v) is 3.65. The molecule has 1 aromatic rings. The van der Waals surface area contributed by atoms with E-state index in [-0.39, 0.29) is 0 Å². The van der Waals surface area contributed by atoms with E-state index in [9.17, 15) is 0 Å². The predicted octanol–water partition coefficient (Wildman–Crippen LogP) is 2.91. The molecule has 0 radical (unpaired) electrons. The molecule has 0 fully saturated rings. The van der Waals surface area contributed by atoms with Gasteiger partial charge in [-0.05, 0) is 62.1 Å². The van der Waals surface area contributed by atoms with Gasteiger partial charge in [0.2, 0.25) is 0 Å². The van der Waals surface area contributed by atoms with E-state index in [1.54, 1.807) is 11.1 Å². The number of aryl methyl sites for hydroxylation is 1. The average molecular weight is 220 g/mol. The molecule has 16 heavy (non-hydrogen) atoms. The van der Waals surface area contributed by atoms with Crippen LogP contribution in [0.3, 0.4) is 0 Å². The molecule has 0 amide bonds. The van der Waals surface area contributed by atoms with Crippen molar-refractivity contribution >= 4 is 0 Å². The van der Waals surface area contributed by atoms with E-state index in [1.165, 1.54) is 37.1 Å². The topological polar surface area (TPSA) is 41.8 Å². The normalized spacial score (nSPS) is 15.5. The summed E-state index contributed by atoms with van der Waals surface area (Å²) in [6.45, 7) is 5.37. The van der Waals surface area contributed by atoms with Gasteiger partial charge in [0.05, 0.1) is 0 Å². The van der Waals surface area contributed by atoms with Gasteiger partial charge in [0.25, 0.3) is 0 Å². The lowest BCUT2D eigenvalue weighted by atomic mass is 9.91. The maximum Gasteiger partial charge on any atom is 0.0210 e. The Bertz CT molecular complexity index is 350. The van der Waals surface area contributed by atoms with Gasteiger partial charge in [-0.15, -0.1) is 0 Å². The summed E-state index contributed by atoms with van der Waals surface area (Å²) in [5.74, 6) is 0.610. The number of aromatic nitrogens is 1. The molecule has 0 aromatic carbocycles. The van der Waals surface area contributed by atoms with Crippen molar-refractivity contribution in [2.75, 3.05) is 6.54 Å². The minimum Gasteiger partial charge on any atom is -0.362 e. The first-order chi connectivity index (χ1) is 7.74. The molecule has 2 nitrogen and oxygen atoms in total. The second kappa shape index (κ2) is 5.05. The van der Waals surface area contributed by atoms with Crippen LogP contribution in [0.5, 0.6) is 0 Å². The highest BCUT2D eigenvalue weighted by Gasteiger charge is 2.20. The molecule has 0 saturated carbocycles. The summed E-state index contributed by atoms with van der Waals surface area (Å²) in [4.78, 5) is 3.67. The maximum atomic E-state index is 5.64. The molecule has 2 heteroatoms. The lowest BCUT2D eigenvalue weighted by molar-refractivity contribution is 0.670. The molecule has 1 aliphatic rings. The summed E-state index contributed by atoms with van der Waals surface area (Å²) in [5.41, 5.74) is 11.8. The van der Waals surface area contributed by atoms with Crippen LogP contribution < -0.4 is 5.73 Å². The van der Waals surface area contributed by atoms with Crippen molar-refractivity contribution in [1.29, 1.82) is 0 Å². The fourth-order valence-electron chi connectivity index (χ4n) is 2.83. The second-order valence-corrected chi connectivity index (χ2v) is 5.23. The first-order valence-electron chi connectivity index (χ1n) is 6.66. The summed E-state index contributed by atoms with van der Waals surface area (Å²) < 4.78 is 0. The quantitative estimate of drug-likeness (QED) is 0.805. The molecule has 90 valence electrons. The first-order valence-corrected chi connectivity index (χ1v) is 6.66. The largest absolute Gasteiger partial charge is 0.362 e. The van der Waals surface area contributed by atoms with Crippen LogP contribution in [0.25, 0.3) is 0 Å². The third-order valence-electron chi connectivity index (χ3n) is 3.65. The molecule has 2 rings (SSSR count). The molecule has 0 unspecified atom stereocenters. The number of H-pyrrole nitrogens is 1. The zero-order valence-electron chi connectivity index (χ0n) is 10.6. The number of rotatable bonds is 4. The lowest BCUT2D eigenvalue weighted by Gasteiger charge is -2.13. The molecule has 1 aromatic heterocycles. The van der Waals surface area contributed by atoms with Crippen LogP contribution in [0.2, 0.25) is 0 Å². The van der Waals surface area contributed by atoms with Crippen LogP contribution >= 0.6 is 0 Å². The maximum absolute atomic E-state index is 5.64. The zero-order chi connectivity index (χ0) is 11.5. The molecular formula is C14H24N2. The van der Waals surface area contributed by atoms with Crippen molar-refractivity contribution in [3.05, 3.63) is 22.5 Å². The molecule has 0 bridgehead atoms. The fraction of sp³-hybridized carbons (Fsp3) is 0.714.